The standard InChI is InChI=1S/C23H32N4O.HI/c1-24-23(25-15-20-10-7-11-22(14-20)26(2)3)27-13-12-21(16-27)18-28-17-19-8-5-4-6-9-19;/h4-11,14,21H,12-13,15-18H2,1-3H3,(H,24,25);1H. The number of anilines is 1. The van der Waals surface area contributed by atoms with Crippen LogP contribution in [0.5, 0.6) is 0 Å². The maximum absolute atomic E-state index is 5.94. The first-order valence-corrected chi connectivity index (χ1v) is 9.99. The van der Waals surface area contributed by atoms with Crippen LogP contribution in [-0.4, -0.2) is 51.7 Å². The monoisotopic (exact) mass is 508 g/mol. The molecule has 1 unspecified atom stereocenters. The normalized spacial score (nSPS) is 16.4. The summed E-state index contributed by atoms with van der Waals surface area (Å²) in [5.41, 5.74) is 3.70. The quantitative estimate of drug-likeness (QED) is 0.349. The SMILES string of the molecule is CN=C(NCc1cccc(N(C)C)c1)N1CCC(COCc2ccccc2)C1.I. The van der Waals surface area contributed by atoms with Gasteiger partial charge in [-0.25, -0.2) is 0 Å². The summed E-state index contributed by atoms with van der Waals surface area (Å²) >= 11 is 0. The minimum Gasteiger partial charge on any atom is -0.378 e. The molecule has 0 amide bonds. The Labute approximate surface area is 192 Å². The molecule has 6 heteroatoms. The van der Waals surface area contributed by atoms with E-state index in [1.165, 1.54) is 16.8 Å². The van der Waals surface area contributed by atoms with Gasteiger partial charge in [0.1, 0.15) is 0 Å². The van der Waals surface area contributed by atoms with E-state index >= 15 is 0 Å². The fourth-order valence-corrected chi connectivity index (χ4v) is 3.54. The van der Waals surface area contributed by atoms with Crippen LogP contribution in [-0.2, 0) is 17.9 Å². The number of guanidine groups is 1. The molecule has 1 aliphatic rings. The third-order valence-corrected chi connectivity index (χ3v) is 5.14. The lowest BCUT2D eigenvalue weighted by molar-refractivity contribution is 0.0906. The molecule has 0 aliphatic carbocycles. The Morgan fingerprint density at radius 1 is 1.14 bits per heavy atom. The van der Waals surface area contributed by atoms with Crippen molar-refractivity contribution < 1.29 is 4.74 Å². The van der Waals surface area contributed by atoms with E-state index in [9.17, 15) is 0 Å². The minimum atomic E-state index is 0. The topological polar surface area (TPSA) is 40.1 Å². The number of nitrogens with zero attached hydrogens (tertiary/aromatic N) is 3. The molecule has 29 heavy (non-hydrogen) atoms. The van der Waals surface area contributed by atoms with Gasteiger partial charge in [0.15, 0.2) is 5.96 Å². The van der Waals surface area contributed by atoms with Crippen molar-refractivity contribution >= 4 is 35.6 Å². The number of rotatable bonds is 7. The van der Waals surface area contributed by atoms with Crippen molar-refractivity contribution in [1.29, 1.82) is 0 Å². The molecule has 3 rings (SSSR count). The fourth-order valence-electron chi connectivity index (χ4n) is 3.54. The van der Waals surface area contributed by atoms with Crippen LogP contribution >= 0.6 is 24.0 Å². The van der Waals surface area contributed by atoms with E-state index < -0.39 is 0 Å². The molecule has 0 saturated carbocycles. The van der Waals surface area contributed by atoms with Gasteiger partial charge in [0, 0.05) is 52.4 Å². The molecule has 0 radical (unpaired) electrons. The molecular formula is C23H33IN4O. The number of benzene rings is 2. The van der Waals surface area contributed by atoms with Gasteiger partial charge < -0.3 is 19.9 Å². The third kappa shape index (κ3) is 7.19. The van der Waals surface area contributed by atoms with Crippen molar-refractivity contribution in [2.45, 2.75) is 19.6 Å². The highest BCUT2D eigenvalue weighted by molar-refractivity contribution is 14.0. The Kier molecular flexibility index (Phi) is 9.73. The Bertz CT molecular complexity index is 766. The second-order valence-electron chi connectivity index (χ2n) is 7.57. The smallest absolute Gasteiger partial charge is 0.193 e. The van der Waals surface area contributed by atoms with Crippen LogP contribution < -0.4 is 10.2 Å². The van der Waals surface area contributed by atoms with E-state index in [1.807, 2.05) is 13.1 Å². The Morgan fingerprint density at radius 3 is 2.62 bits per heavy atom. The summed E-state index contributed by atoms with van der Waals surface area (Å²) in [6.07, 6.45) is 1.14. The average molecular weight is 508 g/mol. The highest BCUT2D eigenvalue weighted by Crippen LogP contribution is 2.18. The average Bonchev–Trinajstić information content (AvgIpc) is 3.18. The van der Waals surface area contributed by atoms with Gasteiger partial charge in [-0.05, 0) is 29.7 Å². The summed E-state index contributed by atoms with van der Waals surface area (Å²) in [5.74, 6) is 1.53. The van der Waals surface area contributed by atoms with E-state index in [4.69, 9.17) is 4.74 Å². The van der Waals surface area contributed by atoms with Crippen molar-refractivity contribution in [3.63, 3.8) is 0 Å². The number of aliphatic imine (C=N–C) groups is 1. The van der Waals surface area contributed by atoms with Gasteiger partial charge in [0.2, 0.25) is 0 Å². The zero-order valence-electron chi connectivity index (χ0n) is 17.7. The zero-order chi connectivity index (χ0) is 19.8. The second-order valence-corrected chi connectivity index (χ2v) is 7.57. The van der Waals surface area contributed by atoms with Gasteiger partial charge >= 0.3 is 0 Å². The van der Waals surface area contributed by atoms with E-state index in [1.54, 1.807) is 0 Å². The molecule has 2 aromatic rings. The van der Waals surface area contributed by atoms with Crippen molar-refractivity contribution in [3.05, 3.63) is 65.7 Å². The molecule has 0 spiro atoms. The molecule has 2 aromatic carbocycles. The molecule has 1 aliphatic heterocycles. The number of halogens is 1. The highest BCUT2D eigenvalue weighted by atomic mass is 127. The lowest BCUT2D eigenvalue weighted by Gasteiger charge is -2.22. The lowest BCUT2D eigenvalue weighted by Crippen LogP contribution is -2.39. The molecule has 1 heterocycles. The fraction of sp³-hybridized carbons (Fsp3) is 0.435. The molecular weight excluding hydrogens is 475 g/mol. The van der Waals surface area contributed by atoms with Gasteiger partial charge in [-0.2, -0.15) is 0 Å². The Balaban J connectivity index is 0.00000300. The molecule has 0 aromatic heterocycles. The largest absolute Gasteiger partial charge is 0.378 e. The number of hydrogen-bond acceptors (Lipinski definition) is 3. The minimum absolute atomic E-state index is 0. The number of hydrogen-bond donors (Lipinski definition) is 1. The molecule has 0 bridgehead atoms. The summed E-state index contributed by atoms with van der Waals surface area (Å²) in [6.45, 7) is 4.28. The maximum atomic E-state index is 5.94. The van der Waals surface area contributed by atoms with Crippen LogP contribution in [0.2, 0.25) is 0 Å². The van der Waals surface area contributed by atoms with Crippen LogP contribution in [0.4, 0.5) is 5.69 Å². The van der Waals surface area contributed by atoms with Crippen molar-refractivity contribution in [2.75, 3.05) is 45.7 Å². The molecule has 158 valence electrons. The number of nitrogens with one attached hydrogen (secondary N) is 1. The van der Waals surface area contributed by atoms with Gasteiger partial charge in [-0.3, -0.25) is 4.99 Å². The molecule has 1 saturated heterocycles. The Morgan fingerprint density at radius 2 is 1.90 bits per heavy atom. The van der Waals surface area contributed by atoms with Crippen LogP contribution in [0.15, 0.2) is 59.6 Å². The van der Waals surface area contributed by atoms with Crippen LogP contribution in [0.25, 0.3) is 0 Å². The number of ether oxygens (including phenoxy) is 1. The predicted molar refractivity (Wildman–Crippen MR) is 132 cm³/mol. The summed E-state index contributed by atoms with van der Waals surface area (Å²) in [5, 5.41) is 3.51. The van der Waals surface area contributed by atoms with E-state index in [0.29, 0.717) is 12.5 Å². The van der Waals surface area contributed by atoms with Crippen molar-refractivity contribution in [3.8, 4) is 0 Å². The van der Waals surface area contributed by atoms with Crippen molar-refractivity contribution in [1.82, 2.24) is 10.2 Å². The van der Waals surface area contributed by atoms with Gasteiger partial charge in [-0.15, -0.1) is 24.0 Å². The first kappa shape index (κ1) is 23.5. The van der Waals surface area contributed by atoms with Crippen LogP contribution in [0.1, 0.15) is 17.5 Å². The summed E-state index contributed by atoms with van der Waals surface area (Å²) in [7, 11) is 5.99. The van der Waals surface area contributed by atoms with E-state index in [2.05, 4.69) is 82.7 Å². The van der Waals surface area contributed by atoms with Gasteiger partial charge in [-0.1, -0.05) is 42.5 Å². The number of likely N-dealkylation sites (tertiary alicyclic amines) is 1. The zero-order valence-corrected chi connectivity index (χ0v) is 20.0. The first-order valence-electron chi connectivity index (χ1n) is 9.99. The summed E-state index contributed by atoms with van der Waals surface area (Å²) in [6, 6.07) is 19.0. The maximum Gasteiger partial charge on any atom is 0.193 e. The lowest BCUT2D eigenvalue weighted by atomic mass is 10.1. The Hall–Kier alpha value is -1.80. The van der Waals surface area contributed by atoms with Crippen LogP contribution in [0.3, 0.4) is 0 Å². The first-order chi connectivity index (χ1) is 13.7. The summed E-state index contributed by atoms with van der Waals surface area (Å²) < 4.78 is 5.94. The molecule has 1 fully saturated rings. The molecule has 1 atom stereocenters. The molecule has 5 nitrogen and oxygen atoms in total. The van der Waals surface area contributed by atoms with Crippen molar-refractivity contribution in [2.24, 2.45) is 10.9 Å². The van der Waals surface area contributed by atoms with E-state index in [-0.39, 0.29) is 24.0 Å². The van der Waals surface area contributed by atoms with Gasteiger partial charge in [0.25, 0.3) is 0 Å². The second kappa shape index (κ2) is 12.0. The third-order valence-electron chi connectivity index (χ3n) is 5.14. The summed E-state index contributed by atoms with van der Waals surface area (Å²) in [4.78, 5) is 8.95. The predicted octanol–water partition coefficient (Wildman–Crippen LogP) is 3.98. The molecule has 1 N–H and O–H groups in total. The van der Waals surface area contributed by atoms with Gasteiger partial charge in [0.05, 0.1) is 13.2 Å². The van der Waals surface area contributed by atoms with Crippen LogP contribution in [0, 0.1) is 5.92 Å². The van der Waals surface area contributed by atoms with E-state index in [0.717, 1.165) is 38.6 Å². The highest BCUT2D eigenvalue weighted by Gasteiger charge is 2.24.